The number of carbonyl (C=O) groups excluding carboxylic acids is 1. The lowest BCUT2D eigenvalue weighted by atomic mass is 10.2. The smallest absolute Gasteiger partial charge is 0.236 e. The van der Waals surface area contributed by atoms with Crippen molar-refractivity contribution in [1.82, 2.24) is 4.98 Å². The molecule has 0 saturated heterocycles. The molecule has 0 fully saturated rings. The number of hydrogen-bond donors (Lipinski definition) is 3. The van der Waals surface area contributed by atoms with Gasteiger partial charge in [0.1, 0.15) is 0 Å². The molecule has 0 aliphatic rings. The topological polar surface area (TPSA) is 66.0 Å². The molecule has 1 amide bonds. The molecule has 28 heavy (non-hydrogen) atoms. The monoisotopic (exact) mass is 428 g/mol. The van der Waals surface area contributed by atoms with Gasteiger partial charge in [0.15, 0.2) is 10.2 Å². The fourth-order valence-corrected chi connectivity index (χ4v) is 4.00. The van der Waals surface area contributed by atoms with Gasteiger partial charge in [-0.3, -0.25) is 4.79 Å². The first-order valence-electron chi connectivity index (χ1n) is 8.57. The molecule has 0 spiro atoms. The number of nitrogens with zero attached hydrogens (tertiary/aromatic N) is 1. The average Bonchev–Trinajstić information content (AvgIpc) is 3.07. The number of thioether (sulfide) groups is 1. The lowest BCUT2D eigenvalue weighted by molar-refractivity contribution is -0.113. The number of hydrogen-bond acceptors (Lipinski definition) is 5. The second-order valence-electron chi connectivity index (χ2n) is 6.10. The first-order chi connectivity index (χ1) is 13.5. The quantitative estimate of drug-likeness (QED) is 0.366. The van der Waals surface area contributed by atoms with E-state index in [1.54, 1.807) is 0 Å². The van der Waals surface area contributed by atoms with E-state index in [4.69, 9.17) is 12.2 Å². The maximum Gasteiger partial charge on any atom is 0.236 e. The van der Waals surface area contributed by atoms with Gasteiger partial charge in [-0.25, -0.2) is 4.98 Å². The summed E-state index contributed by atoms with van der Waals surface area (Å²) in [6.07, 6.45) is 0. The van der Waals surface area contributed by atoms with Gasteiger partial charge in [0, 0.05) is 21.7 Å². The third-order valence-electron chi connectivity index (χ3n) is 3.64. The number of benzene rings is 2. The van der Waals surface area contributed by atoms with E-state index in [-0.39, 0.29) is 5.91 Å². The highest BCUT2D eigenvalue weighted by Gasteiger charge is 2.07. The number of carbonyl (C=O) groups is 1. The van der Waals surface area contributed by atoms with E-state index in [0.717, 1.165) is 22.0 Å². The molecule has 1 heterocycles. The largest absolute Gasteiger partial charge is 0.332 e. The zero-order valence-electron chi connectivity index (χ0n) is 15.5. The molecule has 3 aromatic rings. The minimum atomic E-state index is -0.0747. The van der Waals surface area contributed by atoms with Crippen LogP contribution < -0.4 is 16.0 Å². The van der Waals surface area contributed by atoms with Gasteiger partial charge in [0.2, 0.25) is 5.91 Å². The van der Waals surface area contributed by atoms with Crippen molar-refractivity contribution in [3.8, 4) is 0 Å². The van der Waals surface area contributed by atoms with Crippen LogP contribution in [0.2, 0.25) is 0 Å². The second kappa shape index (κ2) is 9.68. The van der Waals surface area contributed by atoms with E-state index >= 15 is 0 Å². The maximum absolute atomic E-state index is 12.1. The highest BCUT2D eigenvalue weighted by atomic mass is 32.2. The average molecular weight is 429 g/mol. The Balaban J connectivity index is 1.51. The molecule has 1 aromatic heterocycles. The SMILES string of the molecule is Cc1ccc(NC(=S)Nc2cccc(SCC(=O)Nc3nc(C)cs3)c2)cc1. The summed E-state index contributed by atoms with van der Waals surface area (Å²) in [4.78, 5) is 17.3. The van der Waals surface area contributed by atoms with Crippen molar-refractivity contribution < 1.29 is 4.79 Å². The Kier molecular flexibility index (Phi) is 7.02. The molecule has 8 heteroatoms. The molecule has 0 saturated carbocycles. The van der Waals surface area contributed by atoms with Crippen molar-refractivity contribution >= 4 is 62.8 Å². The van der Waals surface area contributed by atoms with Crippen molar-refractivity contribution in [2.24, 2.45) is 0 Å². The van der Waals surface area contributed by atoms with Gasteiger partial charge in [-0.15, -0.1) is 23.1 Å². The second-order valence-corrected chi connectivity index (χ2v) is 8.42. The third-order valence-corrected chi connectivity index (χ3v) is 5.71. The van der Waals surface area contributed by atoms with Gasteiger partial charge in [-0.2, -0.15) is 0 Å². The van der Waals surface area contributed by atoms with Crippen LogP contribution in [-0.4, -0.2) is 21.8 Å². The number of rotatable bonds is 6. The van der Waals surface area contributed by atoms with E-state index in [1.165, 1.54) is 28.7 Å². The molecule has 3 N–H and O–H groups in total. The minimum absolute atomic E-state index is 0.0747. The molecular formula is C20H20N4OS3. The number of thiazole rings is 1. The summed E-state index contributed by atoms with van der Waals surface area (Å²) in [5.74, 6) is 0.239. The fraction of sp³-hybridized carbons (Fsp3) is 0.150. The molecule has 0 aliphatic heterocycles. The highest BCUT2D eigenvalue weighted by molar-refractivity contribution is 8.00. The van der Waals surface area contributed by atoms with E-state index in [2.05, 4.69) is 20.9 Å². The molecule has 0 atom stereocenters. The number of amides is 1. The molecule has 0 radical (unpaired) electrons. The molecule has 0 aliphatic carbocycles. The molecular weight excluding hydrogens is 408 g/mol. The van der Waals surface area contributed by atoms with Gasteiger partial charge in [0.25, 0.3) is 0 Å². The Labute approximate surface area is 178 Å². The van der Waals surface area contributed by atoms with Crippen LogP contribution >= 0.6 is 35.3 Å². The number of aryl methyl sites for hydroxylation is 2. The summed E-state index contributed by atoms with van der Waals surface area (Å²) >= 11 is 8.27. The van der Waals surface area contributed by atoms with Crippen LogP contribution in [0.3, 0.4) is 0 Å². The van der Waals surface area contributed by atoms with Crippen molar-refractivity contribution in [3.05, 3.63) is 65.2 Å². The number of aromatic nitrogens is 1. The van der Waals surface area contributed by atoms with Crippen molar-refractivity contribution in [1.29, 1.82) is 0 Å². The Hall–Kier alpha value is -2.42. The predicted octanol–water partition coefficient (Wildman–Crippen LogP) is 5.30. The van der Waals surface area contributed by atoms with E-state index < -0.39 is 0 Å². The molecule has 3 rings (SSSR count). The van der Waals surface area contributed by atoms with Gasteiger partial charge < -0.3 is 16.0 Å². The Morgan fingerprint density at radius 1 is 1.07 bits per heavy atom. The van der Waals surface area contributed by atoms with Crippen molar-refractivity contribution in [3.63, 3.8) is 0 Å². The number of anilines is 3. The lowest BCUT2D eigenvalue weighted by Gasteiger charge is -2.11. The van der Waals surface area contributed by atoms with Crippen molar-refractivity contribution in [2.75, 3.05) is 21.7 Å². The van der Waals surface area contributed by atoms with Gasteiger partial charge in [-0.05, 0) is 56.4 Å². The van der Waals surface area contributed by atoms with Crippen LogP contribution in [0.5, 0.6) is 0 Å². The first kappa shape index (κ1) is 20.3. The standard InChI is InChI=1S/C20H20N4OS3/c1-13-6-8-15(9-7-13)22-19(26)23-16-4-3-5-17(10-16)27-12-18(25)24-20-21-14(2)11-28-20/h3-11H,12H2,1-2H3,(H,21,24,25)(H2,22,23,26). The summed E-state index contributed by atoms with van der Waals surface area (Å²) in [6.45, 7) is 3.94. The van der Waals surface area contributed by atoms with Crippen LogP contribution in [0.4, 0.5) is 16.5 Å². The molecule has 0 bridgehead atoms. The summed E-state index contributed by atoms with van der Waals surface area (Å²) in [5, 5.41) is 12.2. The number of thiocarbonyl (C=S) groups is 1. The Morgan fingerprint density at radius 3 is 2.54 bits per heavy atom. The van der Waals surface area contributed by atoms with Gasteiger partial charge >= 0.3 is 0 Å². The van der Waals surface area contributed by atoms with Gasteiger partial charge in [0.05, 0.1) is 11.4 Å². The van der Waals surface area contributed by atoms with E-state index in [1.807, 2.05) is 67.8 Å². The molecule has 2 aromatic carbocycles. The Bertz CT molecular complexity index is 970. The third kappa shape index (κ3) is 6.33. The lowest BCUT2D eigenvalue weighted by Crippen LogP contribution is -2.19. The van der Waals surface area contributed by atoms with Gasteiger partial charge in [-0.1, -0.05) is 23.8 Å². The van der Waals surface area contributed by atoms with Crippen LogP contribution in [0.15, 0.2) is 58.8 Å². The normalized spacial score (nSPS) is 10.4. The molecule has 5 nitrogen and oxygen atoms in total. The molecule has 144 valence electrons. The van der Waals surface area contributed by atoms with Crippen LogP contribution in [0, 0.1) is 13.8 Å². The van der Waals surface area contributed by atoms with E-state index in [0.29, 0.717) is 16.0 Å². The maximum atomic E-state index is 12.1. The Morgan fingerprint density at radius 2 is 1.82 bits per heavy atom. The van der Waals surface area contributed by atoms with Crippen LogP contribution in [0.1, 0.15) is 11.3 Å². The summed E-state index contributed by atoms with van der Waals surface area (Å²) in [5.41, 5.74) is 3.90. The highest BCUT2D eigenvalue weighted by Crippen LogP contribution is 2.23. The summed E-state index contributed by atoms with van der Waals surface area (Å²) < 4.78 is 0. The van der Waals surface area contributed by atoms with Crippen molar-refractivity contribution in [2.45, 2.75) is 18.7 Å². The molecule has 0 unspecified atom stereocenters. The van der Waals surface area contributed by atoms with Crippen LogP contribution in [0.25, 0.3) is 0 Å². The number of nitrogens with one attached hydrogen (secondary N) is 3. The minimum Gasteiger partial charge on any atom is -0.332 e. The first-order valence-corrected chi connectivity index (χ1v) is 10.8. The summed E-state index contributed by atoms with van der Waals surface area (Å²) in [7, 11) is 0. The fourth-order valence-electron chi connectivity index (χ4n) is 2.31. The zero-order valence-corrected chi connectivity index (χ0v) is 17.9. The predicted molar refractivity (Wildman–Crippen MR) is 124 cm³/mol. The zero-order chi connectivity index (χ0) is 19.9. The summed E-state index contributed by atoms with van der Waals surface area (Å²) in [6, 6.07) is 15.8. The van der Waals surface area contributed by atoms with Crippen LogP contribution in [-0.2, 0) is 4.79 Å². The van der Waals surface area contributed by atoms with E-state index in [9.17, 15) is 4.79 Å².